The molecule has 7 nitrogen and oxygen atoms in total. The number of amides is 1. The van der Waals surface area contributed by atoms with Crippen molar-refractivity contribution in [2.45, 2.75) is 13.0 Å². The van der Waals surface area contributed by atoms with E-state index in [1.54, 1.807) is 43.5 Å². The van der Waals surface area contributed by atoms with E-state index in [9.17, 15) is 13.2 Å². The van der Waals surface area contributed by atoms with E-state index in [0.29, 0.717) is 11.4 Å². The molecule has 0 aliphatic carbocycles. The van der Waals surface area contributed by atoms with Gasteiger partial charge in [0, 0.05) is 6.07 Å². The minimum Gasteiger partial charge on any atom is -0.497 e. The zero-order valence-electron chi connectivity index (χ0n) is 15.8. The molecule has 0 aliphatic heterocycles. The number of ether oxygens (including phenoxy) is 2. The van der Waals surface area contributed by atoms with Crippen LogP contribution in [0.5, 0.6) is 11.5 Å². The second-order valence-corrected chi connectivity index (χ2v) is 7.94. The van der Waals surface area contributed by atoms with E-state index in [0.717, 1.165) is 21.9 Å². The van der Waals surface area contributed by atoms with E-state index in [4.69, 9.17) is 9.47 Å². The molecule has 0 bridgehead atoms. The lowest BCUT2D eigenvalue weighted by atomic mass is 10.1. The SMILES string of the molecule is COc1ccc([C@@H](C)NC(=O)CN(c2cccc(OC)c2)S(C)(=O)=O)cc1. The van der Waals surface area contributed by atoms with Crippen molar-refractivity contribution in [2.24, 2.45) is 0 Å². The van der Waals surface area contributed by atoms with Gasteiger partial charge in [-0.2, -0.15) is 0 Å². The average molecular weight is 392 g/mol. The van der Waals surface area contributed by atoms with Crippen molar-refractivity contribution in [1.82, 2.24) is 5.32 Å². The molecule has 0 unspecified atom stereocenters. The van der Waals surface area contributed by atoms with Gasteiger partial charge < -0.3 is 14.8 Å². The minimum atomic E-state index is -3.65. The first-order valence-corrected chi connectivity index (χ1v) is 10.1. The molecule has 1 amide bonds. The Balaban J connectivity index is 2.13. The number of benzene rings is 2. The fourth-order valence-corrected chi connectivity index (χ4v) is 3.41. The molecule has 1 atom stereocenters. The maximum absolute atomic E-state index is 12.5. The van der Waals surface area contributed by atoms with E-state index in [1.165, 1.54) is 7.11 Å². The highest BCUT2D eigenvalue weighted by Crippen LogP contribution is 2.23. The van der Waals surface area contributed by atoms with Crippen LogP contribution in [0.15, 0.2) is 48.5 Å². The number of methoxy groups -OCH3 is 2. The van der Waals surface area contributed by atoms with Gasteiger partial charge in [-0.15, -0.1) is 0 Å². The van der Waals surface area contributed by atoms with E-state index in [2.05, 4.69) is 5.32 Å². The summed E-state index contributed by atoms with van der Waals surface area (Å²) in [6, 6.07) is 13.6. The molecular weight excluding hydrogens is 368 g/mol. The van der Waals surface area contributed by atoms with E-state index in [-0.39, 0.29) is 12.6 Å². The summed E-state index contributed by atoms with van der Waals surface area (Å²) in [4.78, 5) is 12.5. The predicted molar refractivity (Wildman–Crippen MR) is 105 cm³/mol. The summed E-state index contributed by atoms with van der Waals surface area (Å²) in [6.07, 6.45) is 1.06. The molecule has 27 heavy (non-hydrogen) atoms. The highest BCUT2D eigenvalue weighted by atomic mass is 32.2. The molecule has 0 saturated heterocycles. The van der Waals surface area contributed by atoms with Gasteiger partial charge in [-0.25, -0.2) is 8.42 Å². The van der Waals surface area contributed by atoms with E-state index in [1.807, 2.05) is 19.1 Å². The number of carbonyl (C=O) groups is 1. The lowest BCUT2D eigenvalue weighted by Crippen LogP contribution is -2.41. The van der Waals surface area contributed by atoms with E-state index < -0.39 is 15.9 Å². The molecule has 0 radical (unpaired) electrons. The number of hydrogen-bond acceptors (Lipinski definition) is 5. The van der Waals surface area contributed by atoms with Gasteiger partial charge in [-0.3, -0.25) is 9.10 Å². The molecular formula is C19H24N2O5S. The second-order valence-electron chi connectivity index (χ2n) is 6.03. The quantitative estimate of drug-likeness (QED) is 0.745. The third-order valence-corrected chi connectivity index (χ3v) is 5.16. The largest absolute Gasteiger partial charge is 0.497 e. The third-order valence-electron chi connectivity index (χ3n) is 4.02. The summed E-state index contributed by atoms with van der Waals surface area (Å²) in [6.45, 7) is 1.50. The zero-order chi connectivity index (χ0) is 20.0. The number of nitrogens with zero attached hydrogens (tertiary/aromatic N) is 1. The Morgan fingerprint density at radius 2 is 1.70 bits per heavy atom. The molecule has 0 fully saturated rings. The Morgan fingerprint density at radius 3 is 2.26 bits per heavy atom. The molecule has 8 heteroatoms. The number of hydrogen-bond donors (Lipinski definition) is 1. The van der Waals surface area contributed by atoms with Gasteiger partial charge in [0.25, 0.3) is 0 Å². The molecule has 0 aliphatic rings. The Labute approximate surface area is 160 Å². The summed E-state index contributed by atoms with van der Waals surface area (Å²) in [5.41, 5.74) is 1.25. The van der Waals surface area contributed by atoms with Crippen LogP contribution >= 0.6 is 0 Å². The van der Waals surface area contributed by atoms with Crippen LogP contribution < -0.4 is 19.1 Å². The number of sulfonamides is 1. The molecule has 0 spiro atoms. The Morgan fingerprint density at radius 1 is 1.07 bits per heavy atom. The van der Waals surface area contributed by atoms with Crippen molar-refractivity contribution in [2.75, 3.05) is 31.3 Å². The summed E-state index contributed by atoms with van der Waals surface area (Å²) in [7, 11) is -0.572. The molecule has 1 N–H and O–H groups in total. The zero-order valence-corrected chi connectivity index (χ0v) is 16.6. The number of rotatable bonds is 8. The van der Waals surface area contributed by atoms with Crippen molar-refractivity contribution in [3.05, 3.63) is 54.1 Å². The number of nitrogens with one attached hydrogen (secondary N) is 1. The van der Waals surface area contributed by atoms with Crippen LogP contribution in [0.25, 0.3) is 0 Å². The normalized spacial score (nSPS) is 12.1. The van der Waals surface area contributed by atoms with Crippen LogP contribution in [-0.4, -0.2) is 41.3 Å². The van der Waals surface area contributed by atoms with Gasteiger partial charge in [-0.1, -0.05) is 18.2 Å². The molecule has 0 heterocycles. The van der Waals surface area contributed by atoms with Crippen molar-refractivity contribution in [3.63, 3.8) is 0 Å². The highest BCUT2D eigenvalue weighted by Gasteiger charge is 2.22. The third kappa shape index (κ3) is 5.62. The molecule has 2 rings (SSSR count). The van der Waals surface area contributed by atoms with Crippen molar-refractivity contribution < 1.29 is 22.7 Å². The van der Waals surface area contributed by atoms with Crippen molar-refractivity contribution >= 4 is 21.6 Å². The Hall–Kier alpha value is -2.74. The van der Waals surface area contributed by atoms with Gasteiger partial charge in [-0.05, 0) is 36.8 Å². The minimum absolute atomic E-state index is 0.282. The molecule has 0 saturated carbocycles. The Kier molecular flexibility index (Phi) is 6.68. The first kappa shape index (κ1) is 20.6. The highest BCUT2D eigenvalue weighted by molar-refractivity contribution is 7.92. The lowest BCUT2D eigenvalue weighted by molar-refractivity contribution is -0.120. The average Bonchev–Trinajstić information content (AvgIpc) is 2.65. The van der Waals surface area contributed by atoms with Crippen LogP contribution in [0.3, 0.4) is 0 Å². The lowest BCUT2D eigenvalue weighted by Gasteiger charge is -2.23. The first-order chi connectivity index (χ1) is 12.7. The Bertz CT molecular complexity index is 881. The fraction of sp³-hybridized carbons (Fsp3) is 0.316. The van der Waals surface area contributed by atoms with E-state index >= 15 is 0 Å². The summed E-state index contributed by atoms with van der Waals surface area (Å²) < 4.78 is 35.7. The first-order valence-electron chi connectivity index (χ1n) is 8.29. The summed E-state index contributed by atoms with van der Waals surface area (Å²) >= 11 is 0. The molecule has 2 aromatic carbocycles. The molecule has 0 aromatic heterocycles. The van der Waals surface area contributed by atoms with Gasteiger partial charge in [0.05, 0.1) is 32.2 Å². The number of anilines is 1. The van der Waals surface area contributed by atoms with Crippen LogP contribution in [0.4, 0.5) is 5.69 Å². The van der Waals surface area contributed by atoms with Crippen LogP contribution in [0, 0.1) is 0 Å². The standard InChI is InChI=1S/C19H24N2O5S/c1-14(15-8-10-17(25-2)11-9-15)20-19(22)13-21(27(4,23)24)16-6-5-7-18(12-16)26-3/h5-12,14H,13H2,1-4H3,(H,20,22)/t14-/m1/s1. The fourth-order valence-electron chi connectivity index (χ4n) is 2.56. The van der Waals surface area contributed by atoms with Gasteiger partial charge in [0.15, 0.2) is 0 Å². The van der Waals surface area contributed by atoms with Crippen LogP contribution in [0.2, 0.25) is 0 Å². The van der Waals surface area contributed by atoms with Gasteiger partial charge in [0.2, 0.25) is 15.9 Å². The second kappa shape index (κ2) is 8.77. The summed E-state index contributed by atoms with van der Waals surface area (Å²) in [5, 5.41) is 2.82. The molecule has 2 aromatic rings. The topological polar surface area (TPSA) is 84.9 Å². The maximum Gasteiger partial charge on any atom is 0.241 e. The van der Waals surface area contributed by atoms with Gasteiger partial charge in [0.1, 0.15) is 18.0 Å². The monoisotopic (exact) mass is 392 g/mol. The van der Waals surface area contributed by atoms with Gasteiger partial charge >= 0.3 is 0 Å². The van der Waals surface area contributed by atoms with Crippen LogP contribution in [0.1, 0.15) is 18.5 Å². The predicted octanol–water partition coefficient (Wildman–Crippen LogP) is 2.35. The summed E-state index contributed by atoms with van der Waals surface area (Å²) in [5.74, 6) is 0.818. The van der Waals surface area contributed by atoms with Crippen molar-refractivity contribution in [1.29, 1.82) is 0 Å². The maximum atomic E-state index is 12.5. The smallest absolute Gasteiger partial charge is 0.241 e. The molecule has 146 valence electrons. The van der Waals surface area contributed by atoms with Crippen molar-refractivity contribution in [3.8, 4) is 11.5 Å². The van der Waals surface area contributed by atoms with Crippen LogP contribution in [-0.2, 0) is 14.8 Å². The number of carbonyl (C=O) groups excluding carboxylic acids is 1.